The Morgan fingerprint density at radius 2 is 1.22 bits per heavy atom. The van der Waals surface area contributed by atoms with Gasteiger partial charge in [-0.25, -0.2) is 29.8 Å². The van der Waals surface area contributed by atoms with Crippen molar-refractivity contribution in [2.75, 3.05) is 18.0 Å². The molecule has 51 heavy (non-hydrogen) atoms. The highest BCUT2D eigenvalue weighted by Gasteiger charge is 2.20. The van der Waals surface area contributed by atoms with Gasteiger partial charge in [0.2, 0.25) is 0 Å². The lowest BCUT2D eigenvalue weighted by atomic mass is 9.90. The van der Waals surface area contributed by atoms with Crippen molar-refractivity contribution in [1.82, 2.24) is 0 Å². The van der Waals surface area contributed by atoms with Crippen molar-refractivity contribution in [3.63, 3.8) is 0 Å². The molecule has 14 heteroatoms. The van der Waals surface area contributed by atoms with E-state index in [1.807, 2.05) is 71.9 Å². The molecule has 0 N–H and O–H groups in total. The van der Waals surface area contributed by atoms with E-state index in [4.69, 9.17) is 0 Å². The summed E-state index contributed by atoms with van der Waals surface area (Å²) in [5.74, 6) is 0. The predicted molar refractivity (Wildman–Crippen MR) is 190 cm³/mol. The van der Waals surface area contributed by atoms with E-state index in [2.05, 4.69) is 0 Å². The quantitative estimate of drug-likeness (QED) is 0.141. The molecule has 0 fully saturated rings. The molecule has 4 aromatic carbocycles. The number of nitrogens with zero attached hydrogens (tertiary/aromatic N) is 2. The summed E-state index contributed by atoms with van der Waals surface area (Å²) >= 11 is 0. The van der Waals surface area contributed by atoms with Gasteiger partial charge in [0.15, 0.2) is 12.3 Å². The Kier molecular flexibility index (Phi) is 11.2. The van der Waals surface area contributed by atoms with Crippen molar-refractivity contribution >= 4 is 47.3 Å². The van der Waals surface area contributed by atoms with Gasteiger partial charge in [0.05, 0.1) is 14.7 Å². The van der Waals surface area contributed by atoms with Crippen molar-refractivity contribution in [2.45, 2.75) is 41.6 Å². The molecule has 0 spiro atoms. The number of allylic oxidation sites excluding steroid dienone is 5. The first kappa shape index (κ1) is 37.6. The van der Waals surface area contributed by atoms with Crippen LogP contribution in [0, 0.1) is 0 Å². The minimum Gasteiger partial charge on any atom is -0.744 e. The molecule has 0 radical (unpaired) electrons. The van der Waals surface area contributed by atoms with Crippen molar-refractivity contribution in [1.29, 1.82) is 0 Å². The molecule has 0 saturated carbocycles. The van der Waals surface area contributed by atoms with Crippen LogP contribution in [-0.4, -0.2) is 62.3 Å². The van der Waals surface area contributed by atoms with Crippen LogP contribution in [0.2, 0.25) is 0 Å². The lowest BCUT2D eigenvalue weighted by Crippen LogP contribution is -2.22. The van der Waals surface area contributed by atoms with Gasteiger partial charge in [-0.1, -0.05) is 54.6 Å². The summed E-state index contributed by atoms with van der Waals surface area (Å²) in [6, 6.07) is 25.0. The predicted octanol–water partition coefficient (Wildman–Crippen LogP) is 5.03. The molecule has 11 nitrogen and oxygen atoms in total. The molecule has 0 atom stereocenters. The number of hydrogen-bond donors (Lipinski definition) is 0. The molecule has 0 unspecified atom stereocenters. The van der Waals surface area contributed by atoms with Crippen molar-refractivity contribution in [3.05, 3.63) is 149 Å². The number of benzene rings is 4. The molecule has 0 bridgehead atoms. The van der Waals surface area contributed by atoms with E-state index in [1.165, 1.54) is 48.5 Å². The third kappa shape index (κ3) is 9.16. The van der Waals surface area contributed by atoms with E-state index in [0.717, 1.165) is 11.4 Å². The van der Waals surface area contributed by atoms with Gasteiger partial charge in [-0.3, -0.25) is 0 Å². The molecule has 0 saturated heterocycles. The molecule has 0 aromatic heterocycles. The van der Waals surface area contributed by atoms with E-state index in [1.54, 1.807) is 24.3 Å². The van der Waals surface area contributed by atoms with Crippen LogP contribution in [0.15, 0.2) is 142 Å². The summed E-state index contributed by atoms with van der Waals surface area (Å²) in [5.41, 5.74) is 4.79. The van der Waals surface area contributed by atoms with Crippen LogP contribution in [0.25, 0.3) is 5.57 Å². The molecule has 5 rings (SSSR count). The fourth-order valence-electron chi connectivity index (χ4n) is 5.86. The number of hydrogen-bond acceptors (Lipinski definition) is 10. The fraction of sp³-hybridized carbons (Fsp3) is 0.162. The first-order valence-electron chi connectivity index (χ1n) is 15.8. The topological polar surface area (TPSA) is 178 Å². The van der Waals surface area contributed by atoms with Gasteiger partial charge in [0.25, 0.3) is 0 Å². The zero-order valence-electron chi connectivity index (χ0n) is 27.7. The van der Waals surface area contributed by atoms with Gasteiger partial charge in [0, 0.05) is 42.1 Å². The Bertz CT molecular complexity index is 2400. The Balaban J connectivity index is 1.54. The van der Waals surface area contributed by atoms with E-state index < -0.39 is 30.4 Å². The Morgan fingerprint density at radius 1 is 0.647 bits per heavy atom. The highest BCUT2D eigenvalue weighted by atomic mass is 32.2. The van der Waals surface area contributed by atoms with Crippen LogP contribution in [0.3, 0.4) is 0 Å². The lowest BCUT2D eigenvalue weighted by molar-refractivity contribution is -0.539. The van der Waals surface area contributed by atoms with E-state index in [9.17, 15) is 38.9 Å². The average Bonchev–Trinajstić information content (AvgIpc) is 3.10. The van der Waals surface area contributed by atoms with Crippen LogP contribution in [0.4, 0.5) is 5.69 Å². The van der Waals surface area contributed by atoms with Gasteiger partial charge in [-0.05, 0) is 90.7 Å². The first-order valence-corrected chi connectivity index (χ1v) is 20.0. The van der Waals surface area contributed by atoms with Gasteiger partial charge >= 0.3 is 0 Å². The molecule has 4 aromatic rings. The van der Waals surface area contributed by atoms with Crippen LogP contribution in [0.5, 0.6) is 0 Å². The second kappa shape index (κ2) is 15.3. The summed E-state index contributed by atoms with van der Waals surface area (Å²) in [6.45, 7) is 5.60. The van der Waals surface area contributed by atoms with Crippen LogP contribution in [-0.2, 0) is 43.4 Å². The molecule has 0 heterocycles. The van der Waals surface area contributed by atoms with Gasteiger partial charge < -0.3 is 18.6 Å². The van der Waals surface area contributed by atoms with Crippen LogP contribution < -0.4 is 4.90 Å². The van der Waals surface area contributed by atoms with Crippen LogP contribution in [0.1, 0.15) is 36.1 Å². The van der Waals surface area contributed by atoms with E-state index in [0.29, 0.717) is 54.0 Å². The molecular formula is C37H34N2O9S3-2. The molecule has 1 aliphatic rings. The summed E-state index contributed by atoms with van der Waals surface area (Å²) in [7, 11) is -14.1. The Hall–Kier alpha value is -4.70. The van der Waals surface area contributed by atoms with Gasteiger partial charge in [-0.15, -0.1) is 0 Å². The maximum atomic E-state index is 12.4. The minimum absolute atomic E-state index is 0.221. The van der Waals surface area contributed by atoms with Gasteiger partial charge in [0.1, 0.15) is 36.9 Å². The first-order chi connectivity index (χ1) is 24.1. The van der Waals surface area contributed by atoms with Crippen molar-refractivity contribution in [2.24, 2.45) is 0 Å². The minimum atomic E-state index is -4.86. The van der Waals surface area contributed by atoms with E-state index in [-0.39, 0.29) is 20.2 Å². The monoisotopic (exact) mass is 746 g/mol. The Labute approximate surface area is 298 Å². The van der Waals surface area contributed by atoms with Crippen LogP contribution >= 0.6 is 0 Å². The van der Waals surface area contributed by atoms with Gasteiger partial charge in [-0.2, -0.15) is 0 Å². The summed E-state index contributed by atoms with van der Waals surface area (Å²) in [6.07, 6.45) is 7.29. The SMILES string of the molecule is CCN(Cc1cccc(S(=O)(=O)[O-])c1)c1ccc(C(=C2C=CC(=[N+](CC)Cc3cccc(S(=O)(=O)[O-])c3)C=C2)c2ccccc2S(=O)(=O)[O-])cc1. The average molecular weight is 747 g/mol. The van der Waals surface area contributed by atoms with Crippen molar-refractivity contribution in [3.8, 4) is 0 Å². The third-order valence-corrected chi connectivity index (χ3v) is 10.9. The molecule has 266 valence electrons. The molecule has 0 aliphatic heterocycles. The Morgan fingerprint density at radius 3 is 1.76 bits per heavy atom. The largest absolute Gasteiger partial charge is 0.744 e. The highest BCUT2D eigenvalue weighted by molar-refractivity contribution is 7.86. The number of anilines is 1. The summed E-state index contributed by atoms with van der Waals surface area (Å²) in [5, 5.41) is 0. The normalized spacial score (nSPS) is 13.4. The maximum Gasteiger partial charge on any atom is 0.200 e. The number of rotatable bonds is 12. The smallest absolute Gasteiger partial charge is 0.200 e. The van der Waals surface area contributed by atoms with E-state index >= 15 is 0 Å². The van der Waals surface area contributed by atoms with Crippen molar-refractivity contribution < 1.29 is 43.5 Å². The fourth-order valence-corrected chi connectivity index (χ4v) is 7.62. The third-order valence-electron chi connectivity index (χ3n) is 8.35. The second-order valence-electron chi connectivity index (χ2n) is 11.7. The summed E-state index contributed by atoms with van der Waals surface area (Å²) in [4.78, 5) is 0.982. The molecule has 0 amide bonds. The summed E-state index contributed by atoms with van der Waals surface area (Å²) < 4.78 is 109. The molecular weight excluding hydrogens is 713 g/mol. The standard InChI is InChI=1S/C37H36N2O9S3/c1-3-38(25-27-9-7-11-33(23-27)49(40,41)42)31-19-15-29(16-20-31)37(35-13-5-6-14-36(35)51(46,47)48)30-17-21-32(22-18-30)39(4-2)26-28-10-8-12-34(24-28)50(43,44)45/h5-24H,3-4,25-26H2,1-2H3,(H2-,40,41,42,43,44,45,46,47,48)/p-2. The molecule has 1 aliphatic carbocycles. The second-order valence-corrected chi connectivity index (χ2v) is 15.8. The zero-order valence-corrected chi connectivity index (χ0v) is 30.1. The maximum absolute atomic E-state index is 12.4. The zero-order chi connectivity index (χ0) is 37.0. The highest BCUT2D eigenvalue weighted by Crippen LogP contribution is 2.35. The lowest BCUT2D eigenvalue weighted by Gasteiger charge is -2.25.